The lowest BCUT2D eigenvalue weighted by atomic mass is 9.92. The van der Waals surface area contributed by atoms with Crippen LogP contribution in [0.3, 0.4) is 0 Å². The number of rotatable bonds is 5. The Morgan fingerprint density at radius 1 is 0.941 bits per heavy atom. The molecule has 3 aromatic carbocycles. The highest BCUT2D eigenvalue weighted by Gasteiger charge is 2.50. The van der Waals surface area contributed by atoms with Gasteiger partial charge in [0.15, 0.2) is 0 Å². The molecule has 34 heavy (non-hydrogen) atoms. The SMILES string of the molecule is C[C@@]1(c2ccccc2)NC(=O)N(NC(=O)c2ccccc2Nc2cccc(C(F)(F)F)c2)C1=O. The molecule has 1 atom stereocenters. The molecule has 0 spiro atoms. The van der Waals surface area contributed by atoms with E-state index in [4.69, 9.17) is 0 Å². The maximum atomic E-state index is 13.0. The van der Waals surface area contributed by atoms with Gasteiger partial charge in [0, 0.05) is 5.69 Å². The predicted molar refractivity (Wildman–Crippen MR) is 118 cm³/mol. The number of alkyl halides is 3. The molecular weight excluding hydrogens is 449 g/mol. The normalized spacial score (nSPS) is 17.9. The van der Waals surface area contributed by atoms with Gasteiger partial charge in [0.2, 0.25) is 0 Å². The van der Waals surface area contributed by atoms with Crippen LogP contribution in [0.25, 0.3) is 0 Å². The molecule has 1 aliphatic heterocycles. The average molecular weight is 468 g/mol. The minimum atomic E-state index is -4.52. The van der Waals surface area contributed by atoms with E-state index < -0.39 is 35.1 Å². The molecule has 0 saturated carbocycles. The van der Waals surface area contributed by atoms with E-state index in [-0.39, 0.29) is 16.9 Å². The topological polar surface area (TPSA) is 90.5 Å². The number of nitrogens with zero attached hydrogens (tertiary/aromatic N) is 1. The summed E-state index contributed by atoms with van der Waals surface area (Å²) < 4.78 is 39.1. The fourth-order valence-electron chi connectivity index (χ4n) is 3.59. The number of imide groups is 1. The Balaban J connectivity index is 1.56. The summed E-state index contributed by atoms with van der Waals surface area (Å²) in [6.45, 7) is 1.53. The monoisotopic (exact) mass is 468 g/mol. The number of urea groups is 1. The van der Waals surface area contributed by atoms with Gasteiger partial charge in [0.25, 0.3) is 11.8 Å². The van der Waals surface area contributed by atoms with Gasteiger partial charge in [-0.05, 0) is 42.8 Å². The van der Waals surface area contributed by atoms with Crippen molar-refractivity contribution in [3.63, 3.8) is 0 Å². The lowest BCUT2D eigenvalue weighted by Gasteiger charge is -2.22. The van der Waals surface area contributed by atoms with E-state index in [1.165, 1.54) is 31.2 Å². The summed E-state index contributed by atoms with van der Waals surface area (Å²) in [6.07, 6.45) is -4.52. The third-order valence-electron chi connectivity index (χ3n) is 5.40. The molecule has 1 heterocycles. The Bertz CT molecular complexity index is 1260. The highest BCUT2D eigenvalue weighted by Crippen LogP contribution is 2.32. The Morgan fingerprint density at radius 2 is 1.62 bits per heavy atom. The van der Waals surface area contributed by atoms with Crippen LogP contribution < -0.4 is 16.1 Å². The summed E-state index contributed by atoms with van der Waals surface area (Å²) in [5.41, 5.74) is 0.938. The first-order valence-corrected chi connectivity index (χ1v) is 10.2. The Hall–Kier alpha value is -4.34. The Morgan fingerprint density at radius 3 is 2.32 bits per heavy atom. The first-order chi connectivity index (χ1) is 16.1. The molecule has 1 saturated heterocycles. The molecule has 10 heteroatoms. The van der Waals surface area contributed by atoms with Crippen molar-refractivity contribution < 1.29 is 27.6 Å². The quantitative estimate of drug-likeness (QED) is 0.479. The number of hydrazine groups is 1. The van der Waals surface area contributed by atoms with Crippen molar-refractivity contribution in [1.82, 2.24) is 15.8 Å². The second-order valence-corrected chi connectivity index (χ2v) is 7.75. The lowest BCUT2D eigenvalue weighted by Crippen LogP contribution is -2.48. The van der Waals surface area contributed by atoms with Gasteiger partial charge in [-0.25, -0.2) is 4.79 Å². The van der Waals surface area contributed by atoms with Crippen LogP contribution >= 0.6 is 0 Å². The van der Waals surface area contributed by atoms with Gasteiger partial charge in [0.05, 0.1) is 16.8 Å². The van der Waals surface area contributed by atoms with Crippen molar-refractivity contribution in [2.45, 2.75) is 18.6 Å². The van der Waals surface area contributed by atoms with Crippen LogP contribution in [0, 0.1) is 0 Å². The molecule has 3 aromatic rings. The number of para-hydroxylation sites is 1. The molecule has 0 aliphatic carbocycles. The number of hydrogen-bond donors (Lipinski definition) is 3. The van der Waals surface area contributed by atoms with Crippen LogP contribution in [0.4, 0.5) is 29.3 Å². The third kappa shape index (κ3) is 4.29. The van der Waals surface area contributed by atoms with E-state index in [9.17, 15) is 27.6 Å². The molecule has 0 bridgehead atoms. The van der Waals surface area contributed by atoms with Crippen LogP contribution in [0.2, 0.25) is 0 Å². The molecular formula is C24H19F3N4O3. The Labute approximate surface area is 192 Å². The zero-order valence-electron chi connectivity index (χ0n) is 17.8. The summed E-state index contributed by atoms with van der Waals surface area (Å²) in [6, 6.07) is 18.3. The fourth-order valence-corrected chi connectivity index (χ4v) is 3.59. The van der Waals surface area contributed by atoms with Gasteiger partial charge in [-0.3, -0.25) is 15.0 Å². The van der Waals surface area contributed by atoms with E-state index in [2.05, 4.69) is 16.1 Å². The van der Waals surface area contributed by atoms with Gasteiger partial charge >= 0.3 is 12.2 Å². The third-order valence-corrected chi connectivity index (χ3v) is 5.40. The number of benzene rings is 3. The molecule has 4 amide bonds. The number of amides is 4. The molecule has 1 aliphatic rings. The number of carbonyl (C=O) groups excluding carboxylic acids is 3. The summed E-state index contributed by atoms with van der Waals surface area (Å²) in [4.78, 5) is 38.5. The van der Waals surface area contributed by atoms with Gasteiger partial charge in [-0.1, -0.05) is 48.5 Å². The fraction of sp³-hybridized carbons (Fsp3) is 0.125. The summed E-state index contributed by atoms with van der Waals surface area (Å²) in [7, 11) is 0. The molecule has 0 radical (unpaired) electrons. The number of hydrogen-bond acceptors (Lipinski definition) is 4. The van der Waals surface area contributed by atoms with Crippen molar-refractivity contribution >= 4 is 29.2 Å². The van der Waals surface area contributed by atoms with E-state index in [0.717, 1.165) is 12.1 Å². The van der Waals surface area contributed by atoms with Crippen LogP contribution in [0.15, 0.2) is 78.9 Å². The minimum Gasteiger partial charge on any atom is -0.355 e. The van der Waals surface area contributed by atoms with Crippen LogP contribution in [0.1, 0.15) is 28.4 Å². The highest BCUT2D eigenvalue weighted by molar-refractivity contribution is 6.10. The molecule has 7 nitrogen and oxygen atoms in total. The molecule has 0 aromatic heterocycles. The van der Waals surface area contributed by atoms with Crippen molar-refractivity contribution in [2.75, 3.05) is 5.32 Å². The molecule has 1 fully saturated rings. The van der Waals surface area contributed by atoms with E-state index in [0.29, 0.717) is 10.6 Å². The summed E-state index contributed by atoms with van der Waals surface area (Å²) in [5, 5.41) is 5.96. The van der Waals surface area contributed by atoms with Crippen molar-refractivity contribution in [3.05, 3.63) is 95.6 Å². The second-order valence-electron chi connectivity index (χ2n) is 7.75. The first-order valence-electron chi connectivity index (χ1n) is 10.2. The van der Waals surface area contributed by atoms with Gasteiger partial charge in [-0.15, -0.1) is 0 Å². The first kappa shape index (κ1) is 22.8. The van der Waals surface area contributed by atoms with Gasteiger partial charge in [0.1, 0.15) is 5.54 Å². The largest absolute Gasteiger partial charge is 0.416 e. The molecule has 174 valence electrons. The van der Waals surface area contributed by atoms with Gasteiger partial charge < -0.3 is 10.6 Å². The van der Waals surface area contributed by atoms with Crippen molar-refractivity contribution in [1.29, 1.82) is 0 Å². The zero-order valence-corrected chi connectivity index (χ0v) is 17.8. The maximum absolute atomic E-state index is 13.0. The molecule has 3 N–H and O–H groups in total. The summed E-state index contributed by atoms with van der Waals surface area (Å²) in [5.74, 6) is -1.48. The van der Waals surface area contributed by atoms with E-state index in [1.807, 2.05) is 0 Å². The van der Waals surface area contributed by atoms with Crippen LogP contribution in [-0.4, -0.2) is 22.9 Å². The average Bonchev–Trinajstić information content (AvgIpc) is 3.03. The smallest absolute Gasteiger partial charge is 0.355 e. The number of anilines is 2. The number of carbonyl (C=O) groups is 3. The zero-order chi connectivity index (χ0) is 24.5. The second kappa shape index (κ2) is 8.54. The molecule has 4 rings (SSSR count). The number of halogens is 3. The van der Waals surface area contributed by atoms with Crippen LogP contribution in [0.5, 0.6) is 0 Å². The minimum absolute atomic E-state index is 0.0221. The van der Waals surface area contributed by atoms with Gasteiger partial charge in [-0.2, -0.15) is 18.2 Å². The number of nitrogens with one attached hydrogen (secondary N) is 3. The summed E-state index contributed by atoms with van der Waals surface area (Å²) >= 11 is 0. The molecule has 0 unspecified atom stereocenters. The van der Waals surface area contributed by atoms with E-state index in [1.54, 1.807) is 42.5 Å². The highest BCUT2D eigenvalue weighted by atomic mass is 19.4. The van der Waals surface area contributed by atoms with Crippen molar-refractivity contribution in [2.24, 2.45) is 0 Å². The Kier molecular flexibility index (Phi) is 5.74. The van der Waals surface area contributed by atoms with E-state index >= 15 is 0 Å². The maximum Gasteiger partial charge on any atom is 0.416 e. The van der Waals surface area contributed by atoms with Crippen LogP contribution in [-0.2, 0) is 16.5 Å². The standard InChI is InChI=1S/C24H19F3N4O3/c1-23(15-8-3-2-4-9-15)21(33)31(22(34)29-23)30-20(32)18-12-5-6-13-19(18)28-17-11-7-10-16(14-17)24(25,26)27/h2-14,28H,1H3,(H,29,34)(H,30,32)/t23-/m0/s1. The lowest BCUT2D eigenvalue weighted by molar-refractivity contribution is -0.137. The predicted octanol–water partition coefficient (Wildman–Crippen LogP) is 4.56. The van der Waals surface area contributed by atoms with Crippen molar-refractivity contribution in [3.8, 4) is 0 Å².